The number of benzene rings is 1. The Balaban J connectivity index is 2.03. The molecule has 4 nitrogen and oxygen atoms in total. The molecular weight excluding hydrogens is 262 g/mol. The van der Waals surface area contributed by atoms with E-state index in [0.717, 1.165) is 24.8 Å². The van der Waals surface area contributed by atoms with E-state index in [1.165, 1.54) is 0 Å². The fourth-order valence-corrected chi connectivity index (χ4v) is 2.99. The quantitative estimate of drug-likeness (QED) is 0.830. The van der Waals surface area contributed by atoms with Crippen molar-refractivity contribution in [3.8, 4) is 0 Å². The third kappa shape index (κ3) is 3.88. The van der Waals surface area contributed by atoms with E-state index in [2.05, 4.69) is 4.72 Å². The molecule has 2 rings (SSSR count). The smallest absolute Gasteiger partial charge is 0.240 e. The number of carbonyl (C=O) groups excluding carboxylic acids is 1. The first-order valence-electron chi connectivity index (χ1n) is 6.64. The molecule has 0 saturated heterocycles. The highest BCUT2D eigenvalue weighted by Gasteiger charge is 2.29. The van der Waals surface area contributed by atoms with Crippen molar-refractivity contribution in [2.24, 2.45) is 5.92 Å². The monoisotopic (exact) mass is 281 g/mol. The maximum atomic E-state index is 11.9. The molecule has 1 aromatic carbocycles. The number of carbonyl (C=O) groups is 1. The summed E-state index contributed by atoms with van der Waals surface area (Å²) in [5.74, 6) is 0.509. The van der Waals surface area contributed by atoms with Crippen molar-refractivity contribution in [2.45, 2.75) is 37.5 Å². The van der Waals surface area contributed by atoms with Crippen LogP contribution in [-0.2, 0) is 21.2 Å². The molecule has 1 aliphatic carbocycles. The van der Waals surface area contributed by atoms with Gasteiger partial charge >= 0.3 is 0 Å². The molecule has 104 valence electrons. The third-order valence-corrected chi connectivity index (χ3v) is 4.66. The molecule has 0 radical (unpaired) electrons. The second-order valence-electron chi connectivity index (χ2n) is 4.96. The Morgan fingerprint density at radius 3 is 2.42 bits per heavy atom. The van der Waals surface area contributed by atoms with Crippen LogP contribution in [-0.4, -0.2) is 20.7 Å². The van der Waals surface area contributed by atoms with E-state index in [4.69, 9.17) is 0 Å². The van der Waals surface area contributed by atoms with E-state index in [-0.39, 0.29) is 16.6 Å². The molecular formula is C14H19NO3S. The van der Waals surface area contributed by atoms with Gasteiger partial charge in [0.2, 0.25) is 10.0 Å². The van der Waals surface area contributed by atoms with E-state index in [1.54, 1.807) is 24.3 Å². The Bertz CT molecular complexity index is 545. The molecule has 0 heterocycles. The summed E-state index contributed by atoms with van der Waals surface area (Å²) in [6, 6.07) is 6.57. The van der Waals surface area contributed by atoms with Gasteiger partial charge in [0.05, 0.1) is 4.90 Å². The van der Waals surface area contributed by atoms with Gasteiger partial charge in [0.1, 0.15) is 5.78 Å². The Morgan fingerprint density at radius 1 is 1.26 bits per heavy atom. The Morgan fingerprint density at radius 2 is 1.89 bits per heavy atom. The largest absolute Gasteiger partial charge is 0.299 e. The van der Waals surface area contributed by atoms with Gasteiger partial charge in [-0.25, -0.2) is 13.1 Å². The van der Waals surface area contributed by atoms with Crippen molar-refractivity contribution in [3.05, 3.63) is 29.8 Å². The fourth-order valence-electron chi connectivity index (χ4n) is 1.86. The van der Waals surface area contributed by atoms with E-state index in [9.17, 15) is 13.2 Å². The zero-order valence-electron chi connectivity index (χ0n) is 11.1. The van der Waals surface area contributed by atoms with E-state index >= 15 is 0 Å². The normalized spacial score (nSPS) is 15.4. The highest BCUT2D eigenvalue weighted by atomic mass is 32.2. The number of Topliss-reactive ketones (excluding diaryl/α,β-unsaturated/α-hetero) is 1. The lowest BCUT2D eigenvalue weighted by molar-refractivity contribution is -0.119. The highest BCUT2D eigenvalue weighted by Crippen LogP contribution is 2.31. The summed E-state index contributed by atoms with van der Waals surface area (Å²) in [6.07, 6.45) is 3.18. The van der Waals surface area contributed by atoms with Crippen molar-refractivity contribution in [1.82, 2.24) is 4.72 Å². The molecule has 0 bridgehead atoms. The maximum absolute atomic E-state index is 11.9. The zero-order valence-corrected chi connectivity index (χ0v) is 11.9. The van der Waals surface area contributed by atoms with Gasteiger partial charge in [-0.15, -0.1) is 0 Å². The number of hydrogen-bond donors (Lipinski definition) is 1. The van der Waals surface area contributed by atoms with Gasteiger partial charge in [-0.1, -0.05) is 19.1 Å². The Kier molecular flexibility index (Phi) is 4.37. The summed E-state index contributed by atoms with van der Waals surface area (Å²) >= 11 is 0. The number of ketones is 1. The van der Waals surface area contributed by atoms with Crippen LogP contribution in [0, 0.1) is 5.92 Å². The van der Waals surface area contributed by atoms with Gasteiger partial charge in [-0.2, -0.15) is 0 Å². The first-order valence-corrected chi connectivity index (χ1v) is 8.12. The standard InChI is InChI=1S/C14H19NO3S/c1-2-9-15-19(17,18)13-7-3-11(4-8-13)10-14(16)12-5-6-12/h3-4,7-8,12,15H,2,5-6,9-10H2,1H3. The van der Waals surface area contributed by atoms with Crippen LogP contribution in [0.5, 0.6) is 0 Å². The average molecular weight is 281 g/mol. The molecule has 1 fully saturated rings. The van der Waals surface area contributed by atoms with Gasteiger partial charge in [-0.3, -0.25) is 4.79 Å². The Hall–Kier alpha value is -1.20. The van der Waals surface area contributed by atoms with Crippen LogP contribution in [0.3, 0.4) is 0 Å². The topological polar surface area (TPSA) is 63.2 Å². The number of sulfonamides is 1. The molecule has 1 aromatic rings. The summed E-state index contributed by atoms with van der Waals surface area (Å²) in [5.41, 5.74) is 0.881. The zero-order chi connectivity index (χ0) is 13.9. The maximum Gasteiger partial charge on any atom is 0.240 e. The second-order valence-corrected chi connectivity index (χ2v) is 6.73. The predicted octanol–water partition coefficient (Wildman–Crippen LogP) is 1.90. The minimum Gasteiger partial charge on any atom is -0.299 e. The van der Waals surface area contributed by atoms with Crippen molar-refractivity contribution in [1.29, 1.82) is 0 Å². The molecule has 5 heteroatoms. The third-order valence-electron chi connectivity index (χ3n) is 3.19. The van der Waals surface area contributed by atoms with Crippen LogP contribution in [0.15, 0.2) is 29.2 Å². The van der Waals surface area contributed by atoms with Crippen LogP contribution in [0.25, 0.3) is 0 Å². The molecule has 0 atom stereocenters. The summed E-state index contributed by atoms with van der Waals surface area (Å²) in [7, 11) is -3.41. The van der Waals surface area contributed by atoms with Gasteiger partial charge in [-0.05, 0) is 37.0 Å². The SMILES string of the molecule is CCCNS(=O)(=O)c1ccc(CC(=O)C2CC2)cc1. The van der Waals surface area contributed by atoms with Gasteiger partial charge < -0.3 is 0 Å². The lowest BCUT2D eigenvalue weighted by Crippen LogP contribution is -2.24. The molecule has 19 heavy (non-hydrogen) atoms. The molecule has 0 unspecified atom stereocenters. The summed E-state index contributed by atoms with van der Waals surface area (Å²) < 4.78 is 26.2. The summed E-state index contributed by atoms with van der Waals surface area (Å²) in [4.78, 5) is 11.9. The highest BCUT2D eigenvalue weighted by molar-refractivity contribution is 7.89. The number of hydrogen-bond acceptors (Lipinski definition) is 3. The van der Waals surface area contributed by atoms with Gasteiger partial charge in [0.15, 0.2) is 0 Å². The molecule has 1 N–H and O–H groups in total. The van der Waals surface area contributed by atoms with Crippen LogP contribution >= 0.6 is 0 Å². The van der Waals surface area contributed by atoms with Crippen molar-refractivity contribution < 1.29 is 13.2 Å². The first kappa shape index (κ1) is 14.2. The van der Waals surface area contributed by atoms with E-state index in [0.29, 0.717) is 13.0 Å². The Labute approximate surface area is 114 Å². The summed E-state index contributed by atoms with van der Waals surface area (Å²) in [5, 5.41) is 0. The van der Waals surface area contributed by atoms with E-state index < -0.39 is 10.0 Å². The average Bonchev–Trinajstić information content (AvgIpc) is 3.21. The molecule has 1 aliphatic rings. The lowest BCUT2D eigenvalue weighted by atomic mass is 10.1. The van der Waals surface area contributed by atoms with Crippen molar-refractivity contribution >= 4 is 15.8 Å². The predicted molar refractivity (Wildman–Crippen MR) is 73.4 cm³/mol. The van der Waals surface area contributed by atoms with Crippen molar-refractivity contribution in [2.75, 3.05) is 6.54 Å². The van der Waals surface area contributed by atoms with Gasteiger partial charge in [0.25, 0.3) is 0 Å². The second kappa shape index (κ2) is 5.84. The number of nitrogens with one attached hydrogen (secondary N) is 1. The molecule has 1 saturated carbocycles. The lowest BCUT2D eigenvalue weighted by Gasteiger charge is -2.06. The first-order chi connectivity index (χ1) is 9.03. The molecule has 0 spiro atoms. The van der Waals surface area contributed by atoms with Crippen LogP contribution in [0.1, 0.15) is 31.7 Å². The molecule has 0 aliphatic heterocycles. The fraction of sp³-hybridized carbons (Fsp3) is 0.500. The summed E-state index contributed by atoms with van der Waals surface area (Å²) in [6.45, 7) is 2.35. The molecule has 0 aromatic heterocycles. The number of rotatable bonds is 7. The molecule has 0 amide bonds. The van der Waals surface area contributed by atoms with E-state index in [1.807, 2.05) is 6.92 Å². The van der Waals surface area contributed by atoms with Gasteiger partial charge in [0, 0.05) is 18.9 Å². The minimum absolute atomic E-state index is 0.245. The minimum atomic E-state index is -3.41. The van der Waals surface area contributed by atoms with Crippen LogP contribution < -0.4 is 4.72 Å². The van der Waals surface area contributed by atoms with Crippen LogP contribution in [0.2, 0.25) is 0 Å². The van der Waals surface area contributed by atoms with Crippen LogP contribution in [0.4, 0.5) is 0 Å². The van der Waals surface area contributed by atoms with Crippen molar-refractivity contribution in [3.63, 3.8) is 0 Å².